The van der Waals surface area contributed by atoms with Gasteiger partial charge in [-0.2, -0.15) is 11.8 Å². The molecule has 0 aliphatic carbocycles. The van der Waals surface area contributed by atoms with Gasteiger partial charge in [0.1, 0.15) is 16.5 Å². The quantitative estimate of drug-likeness (QED) is 0.291. The molecule has 146 valence electrons. The third kappa shape index (κ3) is 10.1. The normalized spacial score (nSPS) is 15.1. The summed E-state index contributed by atoms with van der Waals surface area (Å²) in [5.41, 5.74) is 0. The van der Waals surface area contributed by atoms with E-state index >= 15 is 0 Å². The maximum atomic E-state index is 5.94. The minimum atomic E-state index is -1.92. The fourth-order valence-electron chi connectivity index (χ4n) is 3.34. The van der Waals surface area contributed by atoms with Crippen LogP contribution in [-0.2, 0) is 8.85 Å². The molecule has 0 saturated carbocycles. The molecule has 24 heavy (non-hydrogen) atoms. The standard InChI is InChI=1S/C17H43NO2SSi3/c1-11-19-24(10,20-12-2)15-13-14-21-17(3)16-18(22(4,5)6)23(7,8)9/h17H,11-16H2,1-10H3. The molecule has 0 aromatic heterocycles. The first-order valence-electron chi connectivity index (χ1n) is 9.53. The van der Waals surface area contributed by atoms with Crippen LogP contribution in [0.2, 0.25) is 51.9 Å². The van der Waals surface area contributed by atoms with Gasteiger partial charge in [-0.05, 0) is 45.2 Å². The van der Waals surface area contributed by atoms with Crippen molar-refractivity contribution in [2.75, 3.05) is 25.5 Å². The van der Waals surface area contributed by atoms with E-state index in [4.69, 9.17) is 8.85 Å². The summed E-state index contributed by atoms with van der Waals surface area (Å²) in [6.07, 6.45) is 1.21. The van der Waals surface area contributed by atoms with Gasteiger partial charge in [0.15, 0.2) is 0 Å². The Labute approximate surface area is 159 Å². The van der Waals surface area contributed by atoms with Crippen LogP contribution in [-0.4, -0.2) is 60.0 Å². The number of hydrogen-bond acceptors (Lipinski definition) is 4. The summed E-state index contributed by atoms with van der Waals surface area (Å²) in [5.74, 6) is 1.22. The fourth-order valence-corrected chi connectivity index (χ4v) is 16.9. The number of hydrogen-bond donors (Lipinski definition) is 0. The van der Waals surface area contributed by atoms with Crippen molar-refractivity contribution in [3.63, 3.8) is 0 Å². The van der Waals surface area contributed by atoms with Gasteiger partial charge in [0.05, 0.1) is 0 Å². The molecule has 0 aromatic carbocycles. The Morgan fingerprint density at radius 1 is 0.875 bits per heavy atom. The first-order valence-corrected chi connectivity index (χ1v) is 20.0. The predicted octanol–water partition coefficient (Wildman–Crippen LogP) is 5.62. The third-order valence-electron chi connectivity index (χ3n) is 4.14. The number of thioether (sulfide) groups is 1. The predicted molar refractivity (Wildman–Crippen MR) is 120 cm³/mol. The van der Waals surface area contributed by atoms with Crippen molar-refractivity contribution in [1.29, 1.82) is 0 Å². The second-order valence-electron chi connectivity index (χ2n) is 8.74. The zero-order valence-electron chi connectivity index (χ0n) is 18.0. The summed E-state index contributed by atoms with van der Waals surface area (Å²) in [4.78, 5) is 0. The Morgan fingerprint density at radius 2 is 1.33 bits per heavy atom. The van der Waals surface area contributed by atoms with E-state index in [-0.39, 0.29) is 0 Å². The minimum Gasteiger partial charge on any atom is -0.395 e. The van der Waals surface area contributed by atoms with Crippen molar-refractivity contribution in [2.45, 2.75) is 84.3 Å². The van der Waals surface area contributed by atoms with Crippen LogP contribution in [0.1, 0.15) is 27.2 Å². The van der Waals surface area contributed by atoms with Gasteiger partial charge in [-0.3, -0.25) is 0 Å². The molecular formula is C17H43NO2SSi3. The Hall–Kier alpha value is 0.881. The molecule has 0 saturated heterocycles. The van der Waals surface area contributed by atoms with E-state index in [2.05, 4.69) is 82.6 Å². The van der Waals surface area contributed by atoms with Gasteiger partial charge < -0.3 is 13.1 Å². The smallest absolute Gasteiger partial charge is 0.334 e. The molecule has 7 heteroatoms. The summed E-state index contributed by atoms with van der Waals surface area (Å²) in [6, 6.07) is 1.11. The lowest BCUT2D eigenvalue weighted by Crippen LogP contribution is -2.60. The van der Waals surface area contributed by atoms with Crippen LogP contribution in [0.15, 0.2) is 0 Å². The maximum Gasteiger partial charge on any atom is 0.334 e. The van der Waals surface area contributed by atoms with Gasteiger partial charge in [0.25, 0.3) is 0 Å². The van der Waals surface area contributed by atoms with E-state index in [1.54, 1.807) is 0 Å². The molecule has 0 aliphatic heterocycles. The molecule has 3 nitrogen and oxygen atoms in total. The maximum absolute atomic E-state index is 5.94. The zero-order valence-corrected chi connectivity index (χ0v) is 21.8. The first-order chi connectivity index (χ1) is 10.9. The second kappa shape index (κ2) is 10.9. The Morgan fingerprint density at radius 3 is 1.71 bits per heavy atom. The van der Waals surface area contributed by atoms with Crippen LogP contribution >= 0.6 is 11.8 Å². The molecule has 0 spiro atoms. The van der Waals surface area contributed by atoms with E-state index in [1.165, 1.54) is 18.7 Å². The topological polar surface area (TPSA) is 21.7 Å². The molecule has 0 aliphatic rings. The van der Waals surface area contributed by atoms with Crippen molar-refractivity contribution in [2.24, 2.45) is 0 Å². The molecular weight excluding hydrogens is 367 g/mol. The van der Waals surface area contributed by atoms with E-state index in [9.17, 15) is 0 Å². The second-order valence-corrected chi connectivity index (χ2v) is 23.8. The van der Waals surface area contributed by atoms with Crippen LogP contribution in [0, 0.1) is 0 Å². The van der Waals surface area contributed by atoms with Crippen molar-refractivity contribution in [3.05, 3.63) is 0 Å². The van der Waals surface area contributed by atoms with Crippen LogP contribution < -0.4 is 0 Å². The van der Waals surface area contributed by atoms with Crippen LogP contribution in [0.4, 0.5) is 0 Å². The molecule has 1 unspecified atom stereocenters. The van der Waals surface area contributed by atoms with Crippen LogP contribution in [0.25, 0.3) is 0 Å². The van der Waals surface area contributed by atoms with Crippen LogP contribution in [0.5, 0.6) is 0 Å². The summed E-state index contributed by atoms with van der Waals surface area (Å²) in [6.45, 7) is 26.5. The lowest BCUT2D eigenvalue weighted by atomic mass is 10.5. The molecule has 0 fully saturated rings. The van der Waals surface area contributed by atoms with Crippen molar-refractivity contribution in [3.8, 4) is 0 Å². The van der Waals surface area contributed by atoms with Crippen LogP contribution in [0.3, 0.4) is 0 Å². The SMILES string of the molecule is CCO[Si](C)(CCCSC(C)CN([Si](C)(C)C)[Si](C)(C)C)OCC. The van der Waals surface area contributed by atoms with Gasteiger partial charge >= 0.3 is 8.56 Å². The molecule has 0 N–H and O–H groups in total. The van der Waals surface area contributed by atoms with Crippen molar-refractivity contribution >= 4 is 36.8 Å². The van der Waals surface area contributed by atoms with E-state index < -0.39 is 25.0 Å². The molecule has 1 atom stereocenters. The summed E-state index contributed by atoms with van der Waals surface area (Å²) < 4.78 is 14.8. The Balaban J connectivity index is 4.36. The summed E-state index contributed by atoms with van der Waals surface area (Å²) in [7, 11) is -4.39. The van der Waals surface area contributed by atoms with Gasteiger partial charge in [-0.1, -0.05) is 46.2 Å². The highest BCUT2D eigenvalue weighted by Crippen LogP contribution is 2.25. The van der Waals surface area contributed by atoms with E-state index in [0.29, 0.717) is 5.25 Å². The Kier molecular flexibility index (Phi) is 11.3. The highest BCUT2D eigenvalue weighted by molar-refractivity contribution is 7.99. The zero-order chi connectivity index (χ0) is 19.0. The van der Waals surface area contributed by atoms with E-state index in [0.717, 1.165) is 19.3 Å². The van der Waals surface area contributed by atoms with Gasteiger partial charge in [-0.15, -0.1) is 0 Å². The molecule has 0 heterocycles. The van der Waals surface area contributed by atoms with Crippen molar-refractivity contribution in [1.82, 2.24) is 4.23 Å². The van der Waals surface area contributed by atoms with Gasteiger partial charge in [0.2, 0.25) is 0 Å². The highest BCUT2D eigenvalue weighted by Gasteiger charge is 2.35. The monoisotopic (exact) mass is 409 g/mol. The average molecular weight is 410 g/mol. The number of nitrogens with zero attached hydrogens (tertiary/aromatic N) is 1. The highest BCUT2D eigenvalue weighted by atomic mass is 32.2. The fraction of sp³-hybridized carbons (Fsp3) is 1.00. The molecule has 0 aromatic rings. The third-order valence-corrected chi connectivity index (χ3v) is 16.1. The minimum absolute atomic E-state index is 0.704. The largest absolute Gasteiger partial charge is 0.395 e. The molecule has 0 bridgehead atoms. The lowest BCUT2D eigenvalue weighted by molar-refractivity contribution is 0.189. The lowest BCUT2D eigenvalue weighted by Gasteiger charge is -2.44. The van der Waals surface area contributed by atoms with E-state index in [1.807, 2.05) is 0 Å². The molecule has 0 radical (unpaired) electrons. The average Bonchev–Trinajstić information content (AvgIpc) is 2.39. The first kappa shape index (κ1) is 24.9. The van der Waals surface area contributed by atoms with Gasteiger partial charge in [-0.25, -0.2) is 0 Å². The molecule has 0 rings (SSSR count). The molecule has 0 amide bonds. The van der Waals surface area contributed by atoms with Crippen molar-refractivity contribution < 1.29 is 8.85 Å². The summed E-state index contributed by atoms with van der Waals surface area (Å²) >= 11 is 2.13. The Bertz CT molecular complexity index is 326. The van der Waals surface area contributed by atoms with Gasteiger partial charge in [0, 0.05) is 18.5 Å². The summed E-state index contributed by atoms with van der Waals surface area (Å²) in [5, 5.41) is 0.704. The number of rotatable bonds is 13.